The number of aromatic nitrogens is 2. The molecule has 2 fully saturated rings. The Morgan fingerprint density at radius 2 is 1.88 bits per heavy atom. The van der Waals surface area contributed by atoms with Crippen molar-refractivity contribution in [3.05, 3.63) is 53.3 Å². The normalized spacial score (nSPS) is 18.2. The van der Waals surface area contributed by atoms with Crippen LogP contribution in [0.15, 0.2) is 36.4 Å². The minimum Gasteiger partial charge on any atom is -0.475 e. The Hall–Kier alpha value is -4.06. The highest BCUT2D eigenvalue weighted by molar-refractivity contribution is 7.19. The molecule has 2 aliphatic heterocycles. The molecule has 2 aliphatic rings. The zero-order chi connectivity index (χ0) is 29.0. The van der Waals surface area contributed by atoms with Crippen LogP contribution >= 0.6 is 11.3 Å². The number of alkyl halides is 3. The SMILES string of the molecule is Cc1cc(-c2sc(NC(=O)N3C[C@@H]4NCCO[C@H]4C3)nc2-c2cccc(C#N)c2)cc(C)n1.O=C(O)C(F)(F)F. The van der Waals surface area contributed by atoms with Gasteiger partial charge in [0, 0.05) is 30.0 Å². The number of rotatable bonds is 3. The number of benzene rings is 1. The number of carboxylic acid groups (broad SMARTS) is 1. The molecule has 0 spiro atoms. The van der Waals surface area contributed by atoms with Gasteiger partial charge in [-0.2, -0.15) is 18.4 Å². The number of ether oxygens (including phenoxy) is 1. The number of hydrogen-bond acceptors (Lipinski definition) is 8. The second-order valence-corrected chi connectivity index (χ2v) is 10.1. The third-order valence-electron chi connectivity index (χ3n) is 6.09. The molecule has 0 saturated carbocycles. The number of thiazole rings is 1. The van der Waals surface area contributed by atoms with Crippen molar-refractivity contribution in [1.82, 2.24) is 20.2 Å². The number of aliphatic carboxylic acids is 1. The number of urea groups is 1. The molecule has 2 aromatic heterocycles. The predicted molar refractivity (Wildman–Crippen MR) is 141 cm³/mol. The van der Waals surface area contributed by atoms with Gasteiger partial charge in [-0.15, -0.1) is 0 Å². The highest BCUT2D eigenvalue weighted by Crippen LogP contribution is 2.40. The number of nitrogens with one attached hydrogen (secondary N) is 2. The van der Waals surface area contributed by atoms with Crippen LogP contribution < -0.4 is 10.6 Å². The Bertz CT molecular complexity index is 1420. The van der Waals surface area contributed by atoms with Crippen LogP contribution in [0, 0.1) is 25.2 Å². The highest BCUT2D eigenvalue weighted by atomic mass is 32.1. The van der Waals surface area contributed by atoms with Gasteiger partial charge in [-0.05, 0) is 43.7 Å². The predicted octanol–water partition coefficient (Wildman–Crippen LogP) is 4.20. The summed E-state index contributed by atoms with van der Waals surface area (Å²) in [5.74, 6) is -2.76. The number of nitrogens with zero attached hydrogens (tertiary/aromatic N) is 4. The Labute approximate surface area is 231 Å². The van der Waals surface area contributed by atoms with Crippen molar-refractivity contribution in [3.8, 4) is 27.8 Å². The van der Waals surface area contributed by atoms with Crippen molar-refractivity contribution < 1.29 is 32.6 Å². The summed E-state index contributed by atoms with van der Waals surface area (Å²) < 4.78 is 37.5. The van der Waals surface area contributed by atoms with Gasteiger partial charge in [-0.1, -0.05) is 23.5 Å². The van der Waals surface area contributed by atoms with Crippen molar-refractivity contribution >= 4 is 28.5 Å². The van der Waals surface area contributed by atoms with Crippen LogP contribution in [0.25, 0.3) is 21.7 Å². The fourth-order valence-corrected chi connectivity index (χ4v) is 5.36. The largest absolute Gasteiger partial charge is 0.490 e. The minimum absolute atomic E-state index is 0.0309. The van der Waals surface area contributed by atoms with Crippen molar-refractivity contribution in [2.24, 2.45) is 0 Å². The highest BCUT2D eigenvalue weighted by Gasteiger charge is 2.39. The molecule has 14 heteroatoms. The molecule has 40 heavy (non-hydrogen) atoms. The molecule has 0 unspecified atom stereocenters. The molecule has 0 radical (unpaired) electrons. The van der Waals surface area contributed by atoms with E-state index in [1.807, 2.05) is 44.2 Å². The van der Waals surface area contributed by atoms with Crippen LogP contribution in [0.3, 0.4) is 0 Å². The topological polar surface area (TPSA) is 140 Å². The van der Waals surface area contributed by atoms with Crippen LogP contribution in [0.4, 0.5) is 23.1 Å². The number of carbonyl (C=O) groups excluding carboxylic acids is 1. The Kier molecular flexibility index (Phi) is 8.67. The number of hydrogen-bond donors (Lipinski definition) is 3. The molecule has 2 amide bonds. The van der Waals surface area contributed by atoms with Gasteiger partial charge in [0.05, 0.1) is 47.5 Å². The van der Waals surface area contributed by atoms with E-state index in [1.54, 1.807) is 11.0 Å². The van der Waals surface area contributed by atoms with E-state index in [0.29, 0.717) is 30.4 Å². The first-order valence-corrected chi connectivity index (χ1v) is 12.9. The lowest BCUT2D eigenvalue weighted by Gasteiger charge is -2.25. The van der Waals surface area contributed by atoms with Crippen LogP contribution in [-0.2, 0) is 9.53 Å². The van der Waals surface area contributed by atoms with E-state index in [0.717, 1.165) is 39.6 Å². The summed E-state index contributed by atoms with van der Waals surface area (Å²) in [5.41, 5.74) is 4.93. The molecule has 10 nitrogen and oxygen atoms in total. The van der Waals surface area contributed by atoms with Crippen molar-refractivity contribution in [2.75, 3.05) is 31.6 Å². The Balaban J connectivity index is 0.000000470. The fourth-order valence-electron chi connectivity index (χ4n) is 4.40. The first-order valence-electron chi connectivity index (χ1n) is 12.1. The summed E-state index contributed by atoms with van der Waals surface area (Å²) in [5, 5.41) is 23.4. The average Bonchev–Trinajstić information content (AvgIpc) is 3.53. The van der Waals surface area contributed by atoms with Crippen LogP contribution in [0.2, 0.25) is 0 Å². The van der Waals surface area contributed by atoms with E-state index in [2.05, 4.69) is 21.7 Å². The van der Waals surface area contributed by atoms with Crippen molar-refractivity contribution in [2.45, 2.75) is 32.2 Å². The van der Waals surface area contributed by atoms with Gasteiger partial charge in [0.25, 0.3) is 0 Å². The number of likely N-dealkylation sites (tertiary alicyclic amines) is 1. The van der Waals surface area contributed by atoms with Crippen LogP contribution in [0.5, 0.6) is 0 Å². The smallest absolute Gasteiger partial charge is 0.475 e. The number of halogens is 3. The molecule has 0 aliphatic carbocycles. The van der Waals surface area contributed by atoms with E-state index >= 15 is 0 Å². The molecule has 5 rings (SSSR count). The number of fused-ring (bicyclic) bond motifs is 1. The summed E-state index contributed by atoms with van der Waals surface area (Å²) in [6.45, 7) is 6.55. The summed E-state index contributed by atoms with van der Waals surface area (Å²) in [7, 11) is 0. The van der Waals surface area contributed by atoms with Crippen molar-refractivity contribution in [3.63, 3.8) is 0 Å². The molecule has 3 aromatic rings. The summed E-state index contributed by atoms with van der Waals surface area (Å²) in [4.78, 5) is 33.9. The van der Waals surface area contributed by atoms with E-state index in [4.69, 9.17) is 19.6 Å². The van der Waals surface area contributed by atoms with Gasteiger partial charge in [0.1, 0.15) is 0 Å². The third kappa shape index (κ3) is 6.92. The lowest BCUT2D eigenvalue weighted by molar-refractivity contribution is -0.192. The molecular weight excluding hydrogens is 549 g/mol. The summed E-state index contributed by atoms with van der Waals surface area (Å²) in [6.07, 6.45) is -5.05. The first kappa shape index (κ1) is 28.9. The maximum absolute atomic E-state index is 13.0. The number of carbonyl (C=O) groups is 2. The van der Waals surface area contributed by atoms with E-state index < -0.39 is 12.1 Å². The maximum Gasteiger partial charge on any atom is 0.490 e. The Morgan fingerprint density at radius 3 is 2.50 bits per heavy atom. The number of carboxylic acids is 1. The standard InChI is InChI=1S/C24H24N6O2S.C2HF3O2/c1-14-8-18(9-15(2)27-14)22-21(17-5-3-4-16(10-17)11-25)28-23(33-22)29-24(31)30-12-19-20(13-30)32-7-6-26-19;3-2(4,5)1(6)7/h3-5,8-10,19-20,26H,6-7,12-13H2,1-2H3,(H,28,29,31);(H,6,7)/t19-,20-;/m0./s1. The quantitative estimate of drug-likeness (QED) is 0.423. The third-order valence-corrected chi connectivity index (χ3v) is 7.11. The zero-order valence-electron chi connectivity index (χ0n) is 21.5. The van der Waals surface area contributed by atoms with E-state index in [-0.39, 0.29) is 18.2 Å². The molecule has 210 valence electrons. The number of anilines is 1. The monoisotopic (exact) mass is 574 g/mol. The second kappa shape index (κ2) is 12.0. The second-order valence-electron chi connectivity index (χ2n) is 9.14. The van der Waals surface area contributed by atoms with Gasteiger partial charge in [-0.3, -0.25) is 10.3 Å². The number of pyridine rings is 1. The molecule has 1 aromatic carbocycles. The van der Waals surface area contributed by atoms with Gasteiger partial charge >= 0.3 is 18.2 Å². The molecule has 2 atom stereocenters. The summed E-state index contributed by atoms with van der Waals surface area (Å²) >= 11 is 1.42. The fraction of sp³-hybridized carbons (Fsp3) is 0.346. The zero-order valence-corrected chi connectivity index (χ0v) is 22.3. The maximum atomic E-state index is 13.0. The molecule has 4 heterocycles. The molecule has 3 N–H and O–H groups in total. The molecular formula is C26H25F3N6O4S. The number of nitriles is 1. The first-order chi connectivity index (χ1) is 18.9. The lowest BCUT2D eigenvalue weighted by Crippen LogP contribution is -2.47. The molecule has 2 saturated heterocycles. The van der Waals surface area contributed by atoms with E-state index in [1.165, 1.54) is 11.3 Å². The average molecular weight is 575 g/mol. The molecule has 0 bridgehead atoms. The summed E-state index contributed by atoms with van der Waals surface area (Å²) in [6, 6.07) is 13.6. The van der Waals surface area contributed by atoms with Gasteiger partial charge in [-0.25, -0.2) is 14.6 Å². The van der Waals surface area contributed by atoms with Gasteiger partial charge < -0.3 is 20.1 Å². The minimum atomic E-state index is -5.08. The van der Waals surface area contributed by atoms with Gasteiger partial charge in [0.15, 0.2) is 5.13 Å². The number of aryl methyl sites for hydroxylation is 2. The van der Waals surface area contributed by atoms with Gasteiger partial charge in [0.2, 0.25) is 0 Å². The number of morpholine rings is 1. The van der Waals surface area contributed by atoms with Crippen LogP contribution in [0.1, 0.15) is 17.0 Å². The number of amides is 2. The van der Waals surface area contributed by atoms with Crippen molar-refractivity contribution in [1.29, 1.82) is 5.26 Å². The van der Waals surface area contributed by atoms with Crippen LogP contribution in [-0.4, -0.2) is 76.5 Å². The Morgan fingerprint density at radius 1 is 1.18 bits per heavy atom. The van der Waals surface area contributed by atoms with E-state index in [9.17, 15) is 23.2 Å². The lowest BCUT2D eigenvalue weighted by atomic mass is 10.0.